The molecule has 0 radical (unpaired) electrons. The fourth-order valence-corrected chi connectivity index (χ4v) is 3.98. The van der Waals surface area contributed by atoms with Crippen molar-refractivity contribution in [2.75, 3.05) is 6.61 Å². The van der Waals surface area contributed by atoms with Crippen LogP contribution < -0.4 is 15.7 Å². The molecule has 0 aliphatic heterocycles. The Bertz CT molecular complexity index is 1490. The van der Waals surface area contributed by atoms with Gasteiger partial charge in [-0.2, -0.15) is 0 Å². The van der Waals surface area contributed by atoms with Crippen molar-refractivity contribution in [2.45, 2.75) is 19.4 Å². The number of nitrogens with one attached hydrogen (secondary N) is 2. The second-order valence-electron chi connectivity index (χ2n) is 8.14. The van der Waals surface area contributed by atoms with E-state index in [1.54, 1.807) is 12.1 Å². The van der Waals surface area contributed by atoms with Crippen LogP contribution in [0.1, 0.15) is 23.0 Å². The van der Waals surface area contributed by atoms with Gasteiger partial charge in [0, 0.05) is 17.5 Å². The highest BCUT2D eigenvalue weighted by Crippen LogP contribution is 2.23. The lowest BCUT2D eigenvalue weighted by atomic mass is 10.1. The van der Waals surface area contributed by atoms with E-state index in [9.17, 15) is 9.59 Å². The molecule has 1 amide bonds. The minimum absolute atomic E-state index is 0.187. The molecule has 0 spiro atoms. The molecule has 0 fully saturated rings. The number of aromatic nitrogens is 2. The number of hydrogen-bond donors (Lipinski definition) is 2. The number of para-hydroxylation sites is 2. The van der Waals surface area contributed by atoms with E-state index in [1.807, 2.05) is 67.6 Å². The molecule has 0 unspecified atom stereocenters. The summed E-state index contributed by atoms with van der Waals surface area (Å²) in [5, 5.41) is 3.86. The Morgan fingerprint density at radius 3 is 2.68 bits per heavy atom. The van der Waals surface area contributed by atoms with Crippen molar-refractivity contribution in [3.63, 3.8) is 0 Å². The molecule has 7 nitrogen and oxygen atoms in total. The first-order valence-electron chi connectivity index (χ1n) is 11.0. The Hall–Kier alpha value is -4.39. The molecule has 0 bridgehead atoms. The first-order chi connectivity index (χ1) is 16.5. The number of aryl methyl sites for hydroxylation is 1. The van der Waals surface area contributed by atoms with Crippen molar-refractivity contribution in [2.24, 2.45) is 0 Å². The van der Waals surface area contributed by atoms with Gasteiger partial charge >= 0.3 is 5.63 Å². The van der Waals surface area contributed by atoms with Gasteiger partial charge in [0.25, 0.3) is 5.91 Å². The van der Waals surface area contributed by atoms with Crippen LogP contribution in [-0.4, -0.2) is 22.5 Å². The predicted molar refractivity (Wildman–Crippen MR) is 130 cm³/mol. The Morgan fingerprint density at radius 2 is 1.85 bits per heavy atom. The summed E-state index contributed by atoms with van der Waals surface area (Å²) in [7, 11) is 0. The Labute approximate surface area is 195 Å². The van der Waals surface area contributed by atoms with Gasteiger partial charge in [-0.25, -0.2) is 9.78 Å². The molecule has 170 valence electrons. The summed E-state index contributed by atoms with van der Waals surface area (Å²) in [5.74, 6) is 0.841. The number of aromatic amines is 1. The van der Waals surface area contributed by atoms with E-state index in [1.165, 1.54) is 6.07 Å². The summed E-state index contributed by atoms with van der Waals surface area (Å²) in [6, 6.07) is 24.0. The van der Waals surface area contributed by atoms with Gasteiger partial charge in [-0.05, 0) is 48.7 Å². The van der Waals surface area contributed by atoms with Crippen molar-refractivity contribution in [3.8, 4) is 5.75 Å². The molecule has 0 saturated heterocycles. The lowest BCUT2D eigenvalue weighted by Gasteiger charge is -2.17. The highest BCUT2D eigenvalue weighted by molar-refractivity contribution is 5.82. The Kier molecular flexibility index (Phi) is 5.82. The van der Waals surface area contributed by atoms with Crippen LogP contribution in [0.2, 0.25) is 0 Å². The van der Waals surface area contributed by atoms with Gasteiger partial charge in [-0.3, -0.25) is 4.79 Å². The van der Waals surface area contributed by atoms with E-state index in [0.717, 1.165) is 27.5 Å². The molecule has 7 heteroatoms. The fourth-order valence-electron chi connectivity index (χ4n) is 3.98. The monoisotopic (exact) mass is 453 g/mol. The first-order valence-corrected chi connectivity index (χ1v) is 11.0. The number of benzene rings is 3. The summed E-state index contributed by atoms with van der Waals surface area (Å²) in [4.78, 5) is 32.5. The zero-order valence-electron chi connectivity index (χ0n) is 18.6. The van der Waals surface area contributed by atoms with E-state index >= 15 is 0 Å². The predicted octanol–water partition coefficient (Wildman–Crippen LogP) is 4.46. The first kappa shape index (κ1) is 21.5. The number of carbonyl (C=O) groups excluding carboxylic acids is 1. The number of H-pyrrole nitrogens is 1. The smallest absolute Gasteiger partial charge is 0.336 e. The third-order valence-corrected chi connectivity index (χ3v) is 5.65. The van der Waals surface area contributed by atoms with Crippen LogP contribution in [-0.2, 0) is 11.2 Å². The van der Waals surface area contributed by atoms with E-state index in [-0.39, 0.29) is 18.6 Å². The van der Waals surface area contributed by atoms with Crippen LogP contribution in [0.15, 0.2) is 88.1 Å². The minimum atomic E-state index is -0.422. The standard InChI is InChI=1S/C27H23N3O4/c1-17-13-26(32)34-24-15-19(11-12-20(17)24)33-16-25(31)28-23(14-18-7-3-2-4-8-18)27-29-21-9-5-6-10-22(21)30-27/h2-13,15,23H,14,16H2,1H3,(H,28,31)(H,29,30)/t23-/m0/s1. The van der Waals surface area contributed by atoms with Gasteiger partial charge in [0.05, 0.1) is 17.1 Å². The van der Waals surface area contributed by atoms with Crippen LogP contribution >= 0.6 is 0 Å². The van der Waals surface area contributed by atoms with Crippen LogP contribution in [0.25, 0.3) is 22.0 Å². The second kappa shape index (κ2) is 9.23. The summed E-state index contributed by atoms with van der Waals surface area (Å²) in [6.45, 7) is 1.66. The van der Waals surface area contributed by atoms with Crippen molar-refractivity contribution in [1.82, 2.24) is 15.3 Å². The average molecular weight is 453 g/mol. The lowest BCUT2D eigenvalue weighted by Crippen LogP contribution is -2.34. The van der Waals surface area contributed by atoms with Crippen LogP contribution in [0.5, 0.6) is 5.75 Å². The van der Waals surface area contributed by atoms with E-state index in [2.05, 4.69) is 15.3 Å². The summed E-state index contributed by atoms with van der Waals surface area (Å²) < 4.78 is 11.0. The van der Waals surface area contributed by atoms with Gasteiger partial charge in [0.1, 0.15) is 17.2 Å². The molecule has 0 aliphatic rings. The average Bonchev–Trinajstić information content (AvgIpc) is 3.27. The number of ether oxygens (including phenoxy) is 1. The number of fused-ring (bicyclic) bond motifs is 2. The molecule has 2 aromatic heterocycles. The third-order valence-electron chi connectivity index (χ3n) is 5.65. The largest absolute Gasteiger partial charge is 0.484 e. The quantitative estimate of drug-likeness (QED) is 0.355. The second-order valence-corrected chi connectivity index (χ2v) is 8.14. The van der Waals surface area contributed by atoms with Crippen LogP contribution in [0.4, 0.5) is 0 Å². The maximum atomic E-state index is 12.8. The van der Waals surface area contributed by atoms with Gasteiger partial charge in [0.15, 0.2) is 6.61 Å². The summed E-state index contributed by atoms with van der Waals surface area (Å²) in [5.41, 5.74) is 3.66. The number of rotatable bonds is 7. The molecule has 34 heavy (non-hydrogen) atoms. The highest BCUT2D eigenvalue weighted by atomic mass is 16.5. The number of nitrogens with zero attached hydrogens (tertiary/aromatic N) is 1. The molecule has 1 atom stereocenters. The zero-order chi connectivity index (χ0) is 23.5. The van der Waals surface area contributed by atoms with Crippen molar-refractivity contribution in [3.05, 3.63) is 106 Å². The maximum Gasteiger partial charge on any atom is 0.336 e. The van der Waals surface area contributed by atoms with E-state index in [0.29, 0.717) is 23.6 Å². The molecule has 3 aromatic carbocycles. The minimum Gasteiger partial charge on any atom is -0.484 e. The highest BCUT2D eigenvalue weighted by Gasteiger charge is 2.19. The summed E-state index contributed by atoms with van der Waals surface area (Å²) in [6.07, 6.45) is 0.576. The maximum absolute atomic E-state index is 12.8. The van der Waals surface area contributed by atoms with Crippen LogP contribution in [0.3, 0.4) is 0 Å². The molecule has 5 rings (SSSR count). The molecular weight excluding hydrogens is 430 g/mol. The van der Waals surface area contributed by atoms with E-state index in [4.69, 9.17) is 9.15 Å². The molecule has 2 heterocycles. The number of hydrogen-bond acceptors (Lipinski definition) is 5. The number of imidazole rings is 1. The number of amides is 1. The summed E-state index contributed by atoms with van der Waals surface area (Å²) >= 11 is 0. The van der Waals surface area contributed by atoms with Gasteiger partial charge in [-0.15, -0.1) is 0 Å². The molecular formula is C27H23N3O4. The van der Waals surface area contributed by atoms with Gasteiger partial charge in [0.2, 0.25) is 0 Å². The van der Waals surface area contributed by atoms with Crippen LogP contribution in [0, 0.1) is 6.92 Å². The number of carbonyl (C=O) groups is 1. The van der Waals surface area contributed by atoms with Crippen molar-refractivity contribution < 1.29 is 13.9 Å². The molecule has 5 aromatic rings. The molecule has 0 aliphatic carbocycles. The third kappa shape index (κ3) is 4.68. The topological polar surface area (TPSA) is 97.2 Å². The van der Waals surface area contributed by atoms with E-state index < -0.39 is 5.63 Å². The van der Waals surface area contributed by atoms with Crippen molar-refractivity contribution in [1.29, 1.82) is 0 Å². The molecule has 2 N–H and O–H groups in total. The lowest BCUT2D eigenvalue weighted by molar-refractivity contribution is -0.123. The fraction of sp³-hybridized carbons (Fsp3) is 0.148. The molecule has 0 saturated carbocycles. The SMILES string of the molecule is Cc1cc(=O)oc2cc(OCC(=O)N[C@@H](Cc3ccccc3)c3nc4ccccc4[nH]3)ccc12. The van der Waals surface area contributed by atoms with Crippen molar-refractivity contribution >= 4 is 27.9 Å². The van der Waals surface area contributed by atoms with Gasteiger partial charge < -0.3 is 19.5 Å². The Morgan fingerprint density at radius 1 is 1.06 bits per heavy atom. The zero-order valence-corrected chi connectivity index (χ0v) is 18.6. The van der Waals surface area contributed by atoms with Gasteiger partial charge in [-0.1, -0.05) is 42.5 Å². The Balaban J connectivity index is 1.33. The normalized spacial score (nSPS) is 12.0.